The number of carbonyl (C=O) groups is 3. The summed E-state index contributed by atoms with van der Waals surface area (Å²) in [6.45, 7) is 3.31. The van der Waals surface area contributed by atoms with E-state index in [1.165, 1.54) is 6.08 Å². The quantitative estimate of drug-likeness (QED) is 0.606. The molecule has 25 heavy (non-hydrogen) atoms. The Bertz CT molecular complexity index is 709. The third-order valence-electron chi connectivity index (χ3n) is 3.44. The number of benzene rings is 1. The molecule has 7 heteroatoms. The first-order valence-electron chi connectivity index (χ1n) is 7.88. The number of ether oxygens (including phenoxy) is 2. The van der Waals surface area contributed by atoms with Gasteiger partial charge in [0.05, 0.1) is 23.9 Å². The normalized spacial score (nSPS) is 17.0. The molecule has 0 fully saturated rings. The van der Waals surface area contributed by atoms with Crippen molar-refractivity contribution >= 4 is 24.0 Å². The first-order chi connectivity index (χ1) is 12.0. The summed E-state index contributed by atoms with van der Waals surface area (Å²) in [5.74, 6) is -1.15. The maximum absolute atomic E-state index is 12.1. The number of amides is 2. The van der Waals surface area contributed by atoms with Crippen LogP contribution < -0.4 is 10.6 Å². The topological polar surface area (TPSA) is 93.7 Å². The number of hydrogen-bond acceptors (Lipinski definition) is 5. The van der Waals surface area contributed by atoms with Gasteiger partial charge in [0.1, 0.15) is 6.61 Å². The van der Waals surface area contributed by atoms with Gasteiger partial charge in [-0.1, -0.05) is 30.3 Å². The molecule has 0 aliphatic carbocycles. The molecule has 0 spiro atoms. The Labute approximate surface area is 145 Å². The Morgan fingerprint density at radius 1 is 1.20 bits per heavy atom. The minimum absolute atomic E-state index is 0.204. The predicted molar refractivity (Wildman–Crippen MR) is 91.2 cm³/mol. The molecule has 1 aliphatic rings. The van der Waals surface area contributed by atoms with Gasteiger partial charge in [-0.3, -0.25) is 0 Å². The number of urea groups is 1. The Morgan fingerprint density at radius 2 is 1.92 bits per heavy atom. The molecular weight excluding hydrogens is 324 g/mol. The van der Waals surface area contributed by atoms with Crippen LogP contribution in [0, 0.1) is 0 Å². The molecule has 7 nitrogen and oxygen atoms in total. The zero-order valence-electron chi connectivity index (χ0n) is 14.1. The van der Waals surface area contributed by atoms with E-state index in [9.17, 15) is 14.4 Å². The molecule has 2 rings (SSSR count). The molecule has 1 unspecified atom stereocenters. The predicted octanol–water partition coefficient (Wildman–Crippen LogP) is 1.76. The van der Waals surface area contributed by atoms with E-state index in [0.29, 0.717) is 0 Å². The lowest BCUT2D eigenvalue weighted by Crippen LogP contribution is -2.50. The van der Waals surface area contributed by atoms with Gasteiger partial charge >= 0.3 is 18.0 Å². The van der Waals surface area contributed by atoms with E-state index >= 15 is 0 Å². The zero-order chi connectivity index (χ0) is 18.2. The second kappa shape index (κ2) is 8.68. The van der Waals surface area contributed by atoms with Crippen LogP contribution in [0.4, 0.5) is 4.79 Å². The van der Waals surface area contributed by atoms with Gasteiger partial charge < -0.3 is 20.1 Å². The second-order valence-corrected chi connectivity index (χ2v) is 5.28. The van der Waals surface area contributed by atoms with E-state index in [4.69, 9.17) is 9.47 Å². The van der Waals surface area contributed by atoms with Crippen molar-refractivity contribution in [1.82, 2.24) is 10.6 Å². The molecule has 2 N–H and O–H groups in total. The summed E-state index contributed by atoms with van der Waals surface area (Å²) in [6, 6.07) is 8.27. The molecule has 0 bridgehead atoms. The van der Waals surface area contributed by atoms with Crippen LogP contribution >= 0.6 is 0 Å². The highest BCUT2D eigenvalue weighted by Gasteiger charge is 2.30. The Balaban J connectivity index is 2.05. The van der Waals surface area contributed by atoms with E-state index in [2.05, 4.69) is 10.6 Å². The standard InChI is InChI=1S/C18H20N2O5/c1-3-24-17(22)16-12(2)19-18(23)20-14(16)11-25-15(21)10-9-13-7-5-4-6-8-13/h4-10,12H,3,11H2,1-2H3,(H2,19,20,23)/b10-9+. The molecule has 0 aromatic heterocycles. The van der Waals surface area contributed by atoms with Crippen molar-refractivity contribution in [2.24, 2.45) is 0 Å². The molecule has 1 atom stereocenters. The summed E-state index contributed by atoms with van der Waals surface area (Å²) in [7, 11) is 0. The Morgan fingerprint density at radius 3 is 2.60 bits per heavy atom. The fourth-order valence-corrected chi connectivity index (χ4v) is 2.31. The summed E-state index contributed by atoms with van der Waals surface area (Å²) in [5, 5.41) is 5.06. The van der Waals surface area contributed by atoms with Crippen molar-refractivity contribution in [2.45, 2.75) is 19.9 Å². The Kier molecular flexibility index (Phi) is 6.33. The van der Waals surface area contributed by atoms with E-state index < -0.39 is 24.0 Å². The van der Waals surface area contributed by atoms with E-state index in [0.717, 1.165) is 5.56 Å². The van der Waals surface area contributed by atoms with E-state index in [1.807, 2.05) is 30.3 Å². The van der Waals surface area contributed by atoms with Crippen molar-refractivity contribution in [2.75, 3.05) is 13.2 Å². The van der Waals surface area contributed by atoms with E-state index in [-0.39, 0.29) is 24.5 Å². The lowest BCUT2D eigenvalue weighted by Gasteiger charge is -2.26. The van der Waals surface area contributed by atoms with Crippen molar-refractivity contribution in [3.05, 3.63) is 53.2 Å². The molecule has 0 radical (unpaired) electrons. The molecule has 132 valence electrons. The van der Waals surface area contributed by atoms with Crippen molar-refractivity contribution in [3.63, 3.8) is 0 Å². The summed E-state index contributed by atoms with van der Waals surface area (Å²) >= 11 is 0. The average molecular weight is 344 g/mol. The minimum atomic E-state index is -0.583. The third kappa shape index (κ3) is 5.20. The van der Waals surface area contributed by atoms with Crippen LogP contribution in [0.15, 0.2) is 47.7 Å². The van der Waals surface area contributed by atoms with Crippen LogP contribution in [0.3, 0.4) is 0 Å². The number of nitrogens with one attached hydrogen (secondary N) is 2. The van der Waals surface area contributed by atoms with Crippen LogP contribution in [0.5, 0.6) is 0 Å². The summed E-state index contributed by atoms with van der Waals surface area (Å²) in [6.07, 6.45) is 2.90. The van der Waals surface area contributed by atoms with Crippen molar-refractivity contribution < 1.29 is 23.9 Å². The largest absolute Gasteiger partial charge is 0.463 e. The number of esters is 2. The summed E-state index contributed by atoms with van der Waals surface area (Å²) in [5.41, 5.74) is 1.31. The van der Waals surface area contributed by atoms with Gasteiger partial charge in [0.25, 0.3) is 0 Å². The number of carbonyl (C=O) groups excluding carboxylic acids is 3. The summed E-state index contributed by atoms with van der Waals surface area (Å²) < 4.78 is 10.1. The zero-order valence-corrected chi connectivity index (χ0v) is 14.1. The van der Waals surface area contributed by atoms with Crippen LogP contribution in [-0.2, 0) is 19.1 Å². The van der Waals surface area contributed by atoms with Gasteiger partial charge in [-0.2, -0.15) is 0 Å². The molecule has 2 amide bonds. The molecule has 0 saturated carbocycles. The average Bonchev–Trinajstić information content (AvgIpc) is 2.58. The maximum Gasteiger partial charge on any atom is 0.338 e. The van der Waals surface area contributed by atoms with E-state index in [1.54, 1.807) is 19.9 Å². The van der Waals surface area contributed by atoms with Crippen LogP contribution in [0.25, 0.3) is 6.08 Å². The number of hydrogen-bond donors (Lipinski definition) is 2. The van der Waals surface area contributed by atoms with Gasteiger partial charge in [-0.25, -0.2) is 14.4 Å². The SMILES string of the molecule is CCOC(=O)C1=C(COC(=O)/C=C/c2ccccc2)NC(=O)NC1C. The van der Waals surface area contributed by atoms with Crippen LogP contribution in [0.2, 0.25) is 0 Å². The maximum atomic E-state index is 12.1. The van der Waals surface area contributed by atoms with Gasteiger partial charge in [-0.15, -0.1) is 0 Å². The number of rotatable bonds is 6. The van der Waals surface area contributed by atoms with Crippen LogP contribution in [-0.4, -0.2) is 37.2 Å². The van der Waals surface area contributed by atoms with Crippen molar-refractivity contribution in [3.8, 4) is 0 Å². The van der Waals surface area contributed by atoms with Gasteiger partial charge in [0.2, 0.25) is 0 Å². The highest BCUT2D eigenvalue weighted by atomic mass is 16.5. The smallest absolute Gasteiger partial charge is 0.338 e. The monoisotopic (exact) mass is 344 g/mol. The molecule has 1 heterocycles. The summed E-state index contributed by atoms with van der Waals surface area (Å²) in [4.78, 5) is 35.5. The molecule has 0 saturated heterocycles. The molecule has 1 aromatic rings. The molecule has 1 aromatic carbocycles. The lowest BCUT2D eigenvalue weighted by molar-refractivity contribution is -0.140. The van der Waals surface area contributed by atoms with Gasteiger partial charge in [0.15, 0.2) is 0 Å². The Hall–Kier alpha value is -3.09. The molecular formula is C18H20N2O5. The third-order valence-corrected chi connectivity index (χ3v) is 3.44. The van der Waals surface area contributed by atoms with Crippen molar-refractivity contribution in [1.29, 1.82) is 0 Å². The second-order valence-electron chi connectivity index (χ2n) is 5.28. The minimum Gasteiger partial charge on any atom is -0.463 e. The highest BCUT2D eigenvalue weighted by molar-refractivity contribution is 5.95. The first kappa shape index (κ1) is 18.3. The lowest BCUT2D eigenvalue weighted by atomic mass is 10.0. The van der Waals surface area contributed by atoms with Crippen LogP contribution in [0.1, 0.15) is 19.4 Å². The highest BCUT2D eigenvalue weighted by Crippen LogP contribution is 2.14. The van der Waals surface area contributed by atoms with Gasteiger partial charge in [0, 0.05) is 6.08 Å². The fourth-order valence-electron chi connectivity index (χ4n) is 2.31. The van der Waals surface area contributed by atoms with Gasteiger partial charge in [-0.05, 0) is 25.5 Å². The molecule has 1 aliphatic heterocycles. The fraction of sp³-hybridized carbons (Fsp3) is 0.278. The first-order valence-corrected chi connectivity index (χ1v) is 7.88.